The first-order valence-corrected chi connectivity index (χ1v) is 7.11. The SMILES string of the molecule is Cc1ccc(N/C=C/C(=O)c2cccs2)c(Br)c1. The van der Waals surface area contributed by atoms with E-state index in [1.54, 1.807) is 6.20 Å². The fraction of sp³-hybridized carbons (Fsp3) is 0.0714. The fourth-order valence-corrected chi connectivity index (χ4v) is 2.70. The summed E-state index contributed by atoms with van der Waals surface area (Å²) in [5.41, 5.74) is 2.13. The lowest BCUT2D eigenvalue weighted by Gasteiger charge is -2.04. The molecule has 1 heterocycles. The van der Waals surface area contributed by atoms with Gasteiger partial charge < -0.3 is 5.32 Å². The summed E-state index contributed by atoms with van der Waals surface area (Å²) in [6, 6.07) is 9.70. The molecule has 0 aliphatic carbocycles. The molecule has 0 spiro atoms. The molecule has 0 aliphatic rings. The molecule has 1 aromatic carbocycles. The standard InChI is InChI=1S/C14H12BrNOS/c1-10-4-5-12(11(15)9-10)16-7-6-13(17)14-3-2-8-18-14/h2-9,16H,1H3/b7-6+. The molecule has 92 valence electrons. The first kappa shape index (κ1) is 13.1. The number of aryl methyl sites for hydroxylation is 1. The molecule has 0 saturated carbocycles. The normalized spacial score (nSPS) is 10.8. The molecule has 0 amide bonds. The van der Waals surface area contributed by atoms with Gasteiger partial charge in [0.05, 0.1) is 10.6 Å². The molecule has 1 aromatic heterocycles. The zero-order valence-electron chi connectivity index (χ0n) is 9.81. The topological polar surface area (TPSA) is 29.1 Å². The van der Waals surface area contributed by atoms with Crippen LogP contribution in [0.3, 0.4) is 0 Å². The van der Waals surface area contributed by atoms with Crippen molar-refractivity contribution in [3.8, 4) is 0 Å². The van der Waals surface area contributed by atoms with Crippen LogP contribution in [0.5, 0.6) is 0 Å². The number of halogens is 1. The van der Waals surface area contributed by atoms with E-state index in [-0.39, 0.29) is 5.78 Å². The molecule has 2 rings (SSSR count). The van der Waals surface area contributed by atoms with E-state index in [4.69, 9.17) is 0 Å². The Balaban J connectivity index is 2.01. The third-order valence-corrected chi connectivity index (χ3v) is 3.90. The van der Waals surface area contributed by atoms with Crippen molar-refractivity contribution < 1.29 is 4.79 Å². The molecule has 0 atom stereocenters. The third-order valence-electron chi connectivity index (χ3n) is 2.36. The van der Waals surface area contributed by atoms with Gasteiger partial charge in [0.25, 0.3) is 0 Å². The molecular weight excluding hydrogens is 310 g/mol. The summed E-state index contributed by atoms with van der Waals surface area (Å²) in [5.74, 6) is 0.0146. The van der Waals surface area contributed by atoms with E-state index in [0.29, 0.717) is 0 Å². The lowest BCUT2D eigenvalue weighted by Crippen LogP contribution is -1.94. The van der Waals surface area contributed by atoms with Crippen molar-refractivity contribution in [3.63, 3.8) is 0 Å². The molecule has 2 aromatic rings. The maximum absolute atomic E-state index is 11.7. The molecule has 18 heavy (non-hydrogen) atoms. The Hall–Kier alpha value is -1.39. The van der Waals surface area contributed by atoms with E-state index in [0.717, 1.165) is 15.0 Å². The highest BCUT2D eigenvalue weighted by molar-refractivity contribution is 9.10. The largest absolute Gasteiger partial charge is 0.361 e. The van der Waals surface area contributed by atoms with Crippen molar-refractivity contribution in [2.75, 3.05) is 5.32 Å². The zero-order valence-corrected chi connectivity index (χ0v) is 12.2. The molecule has 2 nitrogen and oxygen atoms in total. The van der Waals surface area contributed by atoms with Crippen molar-refractivity contribution in [1.29, 1.82) is 0 Å². The number of carbonyl (C=O) groups excluding carboxylic acids is 1. The van der Waals surface area contributed by atoms with Gasteiger partial charge in [-0.1, -0.05) is 12.1 Å². The smallest absolute Gasteiger partial charge is 0.197 e. The molecule has 0 aliphatic heterocycles. The van der Waals surface area contributed by atoms with E-state index < -0.39 is 0 Å². The van der Waals surface area contributed by atoms with E-state index >= 15 is 0 Å². The Bertz CT molecular complexity index is 575. The van der Waals surface area contributed by atoms with Crippen LogP contribution in [0.2, 0.25) is 0 Å². The quantitative estimate of drug-likeness (QED) is 0.657. The minimum absolute atomic E-state index is 0.0146. The van der Waals surface area contributed by atoms with Crippen LogP contribution in [0.1, 0.15) is 15.2 Å². The van der Waals surface area contributed by atoms with Gasteiger partial charge in [0.1, 0.15) is 0 Å². The summed E-state index contributed by atoms with van der Waals surface area (Å²) in [6.07, 6.45) is 3.20. The maximum Gasteiger partial charge on any atom is 0.197 e. The predicted molar refractivity (Wildman–Crippen MR) is 80.3 cm³/mol. The van der Waals surface area contributed by atoms with Crippen molar-refractivity contribution in [2.24, 2.45) is 0 Å². The average molecular weight is 322 g/mol. The number of nitrogens with one attached hydrogen (secondary N) is 1. The molecule has 0 fully saturated rings. The second-order valence-electron chi connectivity index (χ2n) is 3.80. The fourth-order valence-electron chi connectivity index (χ4n) is 1.45. The van der Waals surface area contributed by atoms with E-state index in [9.17, 15) is 4.79 Å². The van der Waals surface area contributed by atoms with E-state index in [1.807, 2.05) is 42.6 Å². The Morgan fingerprint density at radius 3 is 2.89 bits per heavy atom. The summed E-state index contributed by atoms with van der Waals surface area (Å²) in [7, 11) is 0. The Morgan fingerprint density at radius 2 is 2.22 bits per heavy atom. The summed E-state index contributed by atoms with van der Waals surface area (Å²) in [4.78, 5) is 12.5. The van der Waals surface area contributed by atoms with Gasteiger partial charge in [0.15, 0.2) is 5.78 Å². The number of carbonyl (C=O) groups is 1. The lowest BCUT2D eigenvalue weighted by molar-refractivity contribution is 0.105. The molecule has 0 bridgehead atoms. The molecule has 0 radical (unpaired) electrons. The predicted octanol–water partition coefficient (Wildman–Crippen LogP) is 4.63. The van der Waals surface area contributed by atoms with Gasteiger partial charge in [-0.05, 0) is 52.0 Å². The van der Waals surface area contributed by atoms with Gasteiger partial charge >= 0.3 is 0 Å². The van der Waals surface area contributed by atoms with Crippen molar-refractivity contribution >= 4 is 38.7 Å². The van der Waals surface area contributed by atoms with Gasteiger partial charge in [-0.25, -0.2) is 0 Å². The molecule has 0 saturated heterocycles. The average Bonchev–Trinajstić information content (AvgIpc) is 2.85. The van der Waals surface area contributed by atoms with Crippen LogP contribution in [-0.4, -0.2) is 5.78 Å². The van der Waals surface area contributed by atoms with Gasteiger partial charge in [-0.3, -0.25) is 4.79 Å². The highest BCUT2D eigenvalue weighted by Gasteiger charge is 2.01. The highest BCUT2D eigenvalue weighted by Crippen LogP contribution is 2.23. The number of hydrogen-bond acceptors (Lipinski definition) is 3. The molecular formula is C14H12BrNOS. The molecule has 0 unspecified atom stereocenters. The van der Waals surface area contributed by atoms with Crippen LogP contribution < -0.4 is 5.32 Å². The number of rotatable bonds is 4. The van der Waals surface area contributed by atoms with E-state index in [2.05, 4.69) is 21.2 Å². The summed E-state index contributed by atoms with van der Waals surface area (Å²) >= 11 is 4.92. The maximum atomic E-state index is 11.7. The van der Waals surface area contributed by atoms with Crippen molar-refractivity contribution in [3.05, 3.63) is 62.9 Å². The Kier molecular flexibility index (Phi) is 4.33. The van der Waals surface area contributed by atoms with Crippen molar-refractivity contribution in [1.82, 2.24) is 0 Å². The first-order chi connectivity index (χ1) is 8.66. The van der Waals surface area contributed by atoms with Crippen LogP contribution in [0, 0.1) is 6.92 Å². The second kappa shape index (κ2) is 5.98. The van der Waals surface area contributed by atoms with Crippen molar-refractivity contribution in [2.45, 2.75) is 6.92 Å². The molecule has 4 heteroatoms. The van der Waals surface area contributed by atoms with Gasteiger partial charge in [-0.15, -0.1) is 11.3 Å². The monoisotopic (exact) mass is 321 g/mol. The minimum Gasteiger partial charge on any atom is -0.361 e. The number of hydrogen-bond donors (Lipinski definition) is 1. The van der Waals surface area contributed by atoms with Crippen LogP contribution in [0.4, 0.5) is 5.69 Å². The number of benzene rings is 1. The first-order valence-electron chi connectivity index (χ1n) is 5.44. The molecule has 1 N–H and O–H groups in total. The number of thiophene rings is 1. The minimum atomic E-state index is 0.0146. The second-order valence-corrected chi connectivity index (χ2v) is 5.60. The Morgan fingerprint density at radius 1 is 1.39 bits per heavy atom. The Labute approximate surface area is 118 Å². The third kappa shape index (κ3) is 3.31. The van der Waals surface area contributed by atoms with Crippen LogP contribution in [0.25, 0.3) is 0 Å². The number of allylic oxidation sites excluding steroid dienone is 1. The van der Waals surface area contributed by atoms with Gasteiger partial charge in [0, 0.05) is 16.7 Å². The van der Waals surface area contributed by atoms with Crippen LogP contribution in [-0.2, 0) is 0 Å². The summed E-state index contributed by atoms with van der Waals surface area (Å²) in [5, 5.41) is 4.98. The summed E-state index contributed by atoms with van der Waals surface area (Å²) in [6.45, 7) is 2.03. The highest BCUT2D eigenvalue weighted by atomic mass is 79.9. The zero-order chi connectivity index (χ0) is 13.0. The van der Waals surface area contributed by atoms with Crippen LogP contribution >= 0.6 is 27.3 Å². The summed E-state index contributed by atoms with van der Waals surface area (Å²) < 4.78 is 0.982. The van der Waals surface area contributed by atoms with Gasteiger partial charge in [-0.2, -0.15) is 0 Å². The number of ketones is 1. The number of anilines is 1. The van der Waals surface area contributed by atoms with E-state index in [1.165, 1.54) is 23.0 Å². The van der Waals surface area contributed by atoms with Crippen LogP contribution in [0.15, 0.2) is 52.5 Å². The lowest BCUT2D eigenvalue weighted by atomic mass is 10.2. The van der Waals surface area contributed by atoms with Gasteiger partial charge in [0.2, 0.25) is 0 Å².